The summed E-state index contributed by atoms with van der Waals surface area (Å²) in [4.78, 5) is 0. The number of anilines is 3. The van der Waals surface area contributed by atoms with Crippen LogP contribution in [0.2, 0.25) is 0 Å². The van der Waals surface area contributed by atoms with Crippen molar-refractivity contribution in [1.82, 2.24) is 0 Å². The van der Waals surface area contributed by atoms with Gasteiger partial charge in [-0.25, -0.2) is 0 Å². The predicted molar refractivity (Wildman–Crippen MR) is 311 cm³/mol. The van der Waals surface area contributed by atoms with Gasteiger partial charge in [-0.15, -0.1) is 22.7 Å². The van der Waals surface area contributed by atoms with Crippen LogP contribution in [0, 0.1) is 0 Å². The Morgan fingerprint density at radius 3 is 1.39 bits per heavy atom. The van der Waals surface area contributed by atoms with Crippen molar-refractivity contribution < 1.29 is 21.9 Å². The first-order valence-electron chi connectivity index (χ1n) is 31.7. The third-order valence-electron chi connectivity index (χ3n) is 13.9. The smallest absolute Gasteiger partial charge is 0.0939 e. The van der Waals surface area contributed by atoms with Crippen molar-refractivity contribution in [3.05, 3.63) is 170 Å². The van der Waals surface area contributed by atoms with Crippen molar-refractivity contribution in [2.75, 3.05) is 11.1 Å². The third-order valence-corrected chi connectivity index (χ3v) is 16.5. The highest BCUT2D eigenvalue weighted by molar-refractivity contribution is 9.11. The van der Waals surface area contributed by atoms with E-state index in [0.29, 0.717) is 15.8 Å². The Morgan fingerprint density at radius 2 is 0.913 bits per heavy atom. The lowest BCUT2D eigenvalue weighted by Crippen LogP contribution is -2.33. The Morgan fingerprint density at radius 1 is 0.507 bits per heavy atom. The van der Waals surface area contributed by atoms with Gasteiger partial charge in [0.05, 0.1) is 30.7 Å². The molecule has 3 N–H and O–H groups in total. The number of nitrogens with two attached hydrogens (primary N) is 1. The van der Waals surface area contributed by atoms with Crippen LogP contribution < -0.4 is 11.1 Å². The molecule has 0 radical (unpaired) electrons. The molecule has 0 atom stereocenters. The molecule has 0 spiro atoms. The normalized spacial score (nSPS) is 19.9. The van der Waals surface area contributed by atoms with Crippen molar-refractivity contribution in [3.63, 3.8) is 0 Å². The van der Waals surface area contributed by atoms with Gasteiger partial charge in [0.1, 0.15) is 0 Å². The van der Waals surface area contributed by atoms with Crippen molar-refractivity contribution in [2.45, 2.75) is 155 Å². The van der Waals surface area contributed by atoms with Crippen LogP contribution in [0.4, 0.5) is 16.4 Å². The van der Waals surface area contributed by atoms with Crippen LogP contribution in [0.5, 0.6) is 0 Å². The van der Waals surface area contributed by atoms with Gasteiger partial charge >= 0.3 is 0 Å². The lowest BCUT2D eigenvalue weighted by Gasteiger charge is -2.41. The van der Waals surface area contributed by atoms with Crippen LogP contribution in [0.3, 0.4) is 0 Å². The number of hydrogen-bond acceptors (Lipinski definition) is 4. The van der Waals surface area contributed by atoms with Gasteiger partial charge in [-0.1, -0.05) is 169 Å². The summed E-state index contributed by atoms with van der Waals surface area (Å²) in [5.74, 6) is 0. The van der Waals surface area contributed by atoms with E-state index in [9.17, 15) is 1.37 Å². The molecule has 69 heavy (non-hydrogen) atoms. The van der Waals surface area contributed by atoms with E-state index in [-0.39, 0.29) is 91.8 Å². The average molecular weight is 1030 g/mol. The van der Waals surface area contributed by atoms with Gasteiger partial charge in [0.15, 0.2) is 0 Å². The maximum absolute atomic E-state index is 9.20. The highest BCUT2D eigenvalue weighted by Crippen LogP contribution is 2.50. The van der Waals surface area contributed by atoms with Gasteiger partial charge in [0.2, 0.25) is 0 Å². The van der Waals surface area contributed by atoms with Crippen molar-refractivity contribution in [3.8, 4) is 22.3 Å². The van der Waals surface area contributed by atoms with E-state index in [0.717, 1.165) is 22.9 Å². The number of hydrogen-bond donors (Lipinski definition) is 2. The Labute approximate surface area is 453 Å². The lowest BCUT2D eigenvalue weighted by molar-refractivity contribution is 0.332. The zero-order chi connectivity index (χ0) is 63.8. The summed E-state index contributed by atoms with van der Waals surface area (Å²) in [6.07, 6.45) is 4.75. The fourth-order valence-corrected chi connectivity index (χ4v) is 11.7. The maximum atomic E-state index is 9.20. The summed E-state index contributed by atoms with van der Waals surface area (Å²) < 4.78 is 137. The highest BCUT2D eigenvalue weighted by atomic mass is 79.9. The highest BCUT2D eigenvalue weighted by Gasteiger charge is 2.38. The van der Waals surface area contributed by atoms with Gasteiger partial charge < -0.3 is 11.1 Å². The predicted octanol–water partition coefficient (Wildman–Crippen LogP) is 20.2. The summed E-state index contributed by atoms with van der Waals surface area (Å²) in [5, 5.41) is 6.40. The van der Waals surface area contributed by atoms with E-state index in [4.69, 9.17) is 26.3 Å². The lowest BCUT2D eigenvalue weighted by atomic mass is 9.63. The van der Waals surface area contributed by atoms with E-state index in [1.54, 1.807) is 31.9 Å². The molecule has 0 fully saturated rings. The first-order chi connectivity index (χ1) is 38.9. The second kappa shape index (κ2) is 18.8. The second-order valence-electron chi connectivity index (χ2n) is 23.2. The van der Waals surface area contributed by atoms with Gasteiger partial charge in [-0.05, 0) is 190 Å². The Balaban J connectivity index is 0.000000184. The quantitative estimate of drug-likeness (QED) is 0.172. The van der Waals surface area contributed by atoms with Crippen LogP contribution in [0.25, 0.3) is 42.4 Å². The minimum Gasteiger partial charge on any atom is -0.398 e. The Hall–Kier alpha value is -4.68. The Kier molecular flexibility index (Phi) is 9.22. The largest absolute Gasteiger partial charge is 0.398 e. The minimum absolute atomic E-state index is 0.0388. The molecule has 0 aliphatic heterocycles. The van der Waals surface area contributed by atoms with Crippen LogP contribution in [-0.4, -0.2) is 0 Å². The molecule has 0 unspecified atom stereocenters. The van der Waals surface area contributed by atoms with Crippen molar-refractivity contribution >= 4 is 75.2 Å². The van der Waals surface area contributed by atoms with Crippen LogP contribution >= 0.6 is 38.6 Å². The monoisotopic (exact) mass is 1030 g/mol. The van der Waals surface area contributed by atoms with E-state index in [1.165, 1.54) is 49.2 Å². The average Bonchev–Trinajstić information content (AvgIpc) is 2.04. The molecule has 2 aliphatic rings. The molecular weight excluding hydrogens is 941 g/mol. The van der Waals surface area contributed by atoms with Gasteiger partial charge in [-0.3, -0.25) is 0 Å². The van der Waals surface area contributed by atoms with Gasteiger partial charge in [-0.2, -0.15) is 0 Å². The first-order valence-corrected chi connectivity index (χ1v) is 26.1. The van der Waals surface area contributed by atoms with Crippen LogP contribution in [0.15, 0.2) is 137 Å². The van der Waals surface area contributed by atoms with E-state index in [1.807, 2.05) is 38.2 Å². The topological polar surface area (TPSA) is 38.0 Å². The molecule has 8 aromatic rings. The maximum Gasteiger partial charge on any atom is 0.0939 e. The molecule has 2 aliphatic carbocycles. The number of nitrogen functional groups attached to an aromatic ring is 1. The summed E-state index contributed by atoms with van der Waals surface area (Å²) in [6, 6.07) is 7.50. The zero-order valence-electron chi connectivity index (χ0n) is 58.6. The van der Waals surface area contributed by atoms with Gasteiger partial charge in [0, 0.05) is 31.9 Å². The number of fused-ring (bicyclic) bond motifs is 4. The first kappa shape index (κ1) is 33.8. The van der Waals surface area contributed by atoms with Crippen molar-refractivity contribution in [2.24, 2.45) is 0 Å². The minimum atomic E-state index is -0.694. The fraction of sp³-hybridized carbons (Fsp3) is 0.375. The van der Waals surface area contributed by atoms with Gasteiger partial charge in [0.25, 0.3) is 0 Å². The number of halogens is 1. The molecular formula is C64H75BrN2S2. The molecule has 2 heterocycles. The molecule has 360 valence electrons. The number of nitrogens with one attached hydrogen (secondary N) is 1. The Bertz CT molecular complexity index is 3900. The molecule has 2 nitrogen and oxygen atoms in total. The SMILES string of the molecule is CC1(C)CCC(C)(C)c2cc3sc(Br)cc3cc21.[2H]c1c([2H])c([2H])c(-c2c([2H])c(C(C)(C)C)c([2H])c([2H])c2N)c([2H])c1[2H].[2H]c1c([2H])c([2H])c(-c2c([2H])c(C(C)(C)C)c([2H])c([2H])c2Nc2cc3cc4c(cc3s2)C(C)(C)CCC4(C)C)c([2H])c1[2H]. The van der Waals surface area contributed by atoms with Crippen LogP contribution in [0.1, 0.15) is 178 Å². The number of rotatable bonds is 4. The summed E-state index contributed by atoms with van der Waals surface area (Å²) in [5.41, 5.74) is 11.0. The molecule has 0 amide bonds. The standard InChI is InChI=1S/C32H37NS.C16H19BrS.C16H19N/c1-30(2,3)23-13-14-27(24(19-23)21-11-9-8-10-12-21)33-29-18-22-17-25-26(20-28(22)34-29)32(6,7)16-15-31(25,4)5;1-15(2)5-6-16(3,4)12-9-13-10(7-11(12)15)8-14(17)18-13;1-16(2,3)13-9-10-15(17)14(11-13)12-7-5-4-6-8-12/h8-14,17-20,33H,15-16H2,1-7H3;7-9H,5-6H2,1-4H3;4-11H,17H2,1-3H3/i8D,9D,10D,11D,12D,13D,14D,19D;;4D,5D,6D,7D,8D,9D,10D,11D. The third kappa shape index (κ3) is 11.0. The molecule has 6 aromatic carbocycles. The molecule has 0 saturated carbocycles. The summed E-state index contributed by atoms with van der Waals surface area (Å²) in [6.45, 7) is 29.5. The zero-order valence-corrected chi connectivity index (χ0v) is 45.8. The van der Waals surface area contributed by atoms with Crippen molar-refractivity contribution in [1.29, 1.82) is 0 Å². The fourth-order valence-electron chi connectivity index (χ4n) is 9.16. The summed E-state index contributed by atoms with van der Waals surface area (Å²) in [7, 11) is 0. The van der Waals surface area contributed by atoms with Crippen LogP contribution in [-0.2, 0) is 32.5 Å². The molecule has 10 rings (SSSR count). The number of thiophene rings is 2. The molecule has 2 aromatic heterocycles. The summed E-state index contributed by atoms with van der Waals surface area (Å²) >= 11 is 6.95. The van der Waals surface area contributed by atoms with E-state index in [2.05, 4.69) is 107 Å². The molecule has 5 heteroatoms. The number of benzene rings is 6. The van der Waals surface area contributed by atoms with E-state index < -0.39 is 71.3 Å². The second-order valence-corrected chi connectivity index (χ2v) is 26.8. The molecule has 0 saturated heterocycles. The molecule has 0 bridgehead atoms. The van der Waals surface area contributed by atoms with E-state index >= 15 is 0 Å².